The first-order valence-electron chi connectivity index (χ1n) is 4.25. The van der Waals surface area contributed by atoms with Crippen LogP contribution in [0.15, 0.2) is 18.3 Å². The van der Waals surface area contributed by atoms with E-state index >= 15 is 0 Å². The summed E-state index contributed by atoms with van der Waals surface area (Å²) in [7, 11) is 1.78. The third-order valence-corrected chi connectivity index (χ3v) is 2.52. The molecule has 0 unspecified atom stereocenters. The summed E-state index contributed by atoms with van der Waals surface area (Å²) in [6.45, 7) is 2.01. The second kappa shape index (κ2) is 2.56. The molecule has 0 amide bonds. The minimum atomic E-state index is 0.0354. The maximum Gasteiger partial charge on any atom is 0.0931 e. The Morgan fingerprint density at radius 3 is 2.75 bits per heavy atom. The summed E-state index contributed by atoms with van der Waals surface area (Å²) in [5.74, 6) is 0. The van der Waals surface area contributed by atoms with Gasteiger partial charge in [0.2, 0.25) is 0 Å². The third-order valence-electron chi connectivity index (χ3n) is 2.52. The Kier molecular flexibility index (Phi) is 1.65. The quantitative estimate of drug-likeness (QED) is 0.665. The fourth-order valence-corrected chi connectivity index (χ4v) is 1.55. The SMILES string of the molecule is COC1(c2ccnc(C)c2)CC1. The van der Waals surface area contributed by atoms with E-state index in [2.05, 4.69) is 11.1 Å². The Balaban J connectivity index is 2.34. The molecule has 0 aliphatic heterocycles. The van der Waals surface area contributed by atoms with Gasteiger partial charge in [0.1, 0.15) is 0 Å². The molecule has 2 heteroatoms. The van der Waals surface area contributed by atoms with E-state index in [-0.39, 0.29) is 5.60 Å². The topological polar surface area (TPSA) is 22.1 Å². The van der Waals surface area contributed by atoms with Gasteiger partial charge in [0.05, 0.1) is 5.60 Å². The number of aryl methyl sites for hydroxylation is 1. The zero-order valence-corrected chi connectivity index (χ0v) is 7.50. The van der Waals surface area contributed by atoms with Crippen molar-refractivity contribution in [3.05, 3.63) is 29.6 Å². The van der Waals surface area contributed by atoms with E-state index in [1.54, 1.807) is 7.11 Å². The minimum absolute atomic E-state index is 0.0354. The van der Waals surface area contributed by atoms with Crippen molar-refractivity contribution >= 4 is 0 Å². The Hall–Kier alpha value is -0.890. The van der Waals surface area contributed by atoms with Gasteiger partial charge in [0.15, 0.2) is 0 Å². The number of pyridine rings is 1. The third kappa shape index (κ3) is 1.12. The summed E-state index contributed by atoms with van der Waals surface area (Å²) in [5, 5.41) is 0. The molecule has 1 saturated carbocycles. The van der Waals surface area contributed by atoms with Gasteiger partial charge in [-0.05, 0) is 37.5 Å². The summed E-state index contributed by atoms with van der Waals surface area (Å²) in [6, 6.07) is 4.15. The number of rotatable bonds is 2. The van der Waals surface area contributed by atoms with E-state index in [1.807, 2.05) is 19.2 Å². The summed E-state index contributed by atoms with van der Waals surface area (Å²) < 4.78 is 5.46. The average Bonchev–Trinajstić information content (AvgIpc) is 2.84. The van der Waals surface area contributed by atoms with Crippen LogP contribution in [0.4, 0.5) is 0 Å². The summed E-state index contributed by atoms with van der Waals surface area (Å²) in [5.41, 5.74) is 2.38. The van der Waals surface area contributed by atoms with Crippen molar-refractivity contribution in [2.24, 2.45) is 0 Å². The Bertz CT molecular complexity index is 292. The first-order chi connectivity index (χ1) is 5.77. The molecular weight excluding hydrogens is 150 g/mol. The molecule has 0 bridgehead atoms. The summed E-state index contributed by atoms with van der Waals surface area (Å²) >= 11 is 0. The van der Waals surface area contributed by atoms with Crippen LogP contribution in [-0.2, 0) is 10.3 Å². The zero-order valence-electron chi connectivity index (χ0n) is 7.50. The van der Waals surface area contributed by atoms with E-state index < -0.39 is 0 Å². The lowest BCUT2D eigenvalue weighted by Gasteiger charge is -2.13. The van der Waals surface area contributed by atoms with Crippen LogP contribution in [0.2, 0.25) is 0 Å². The second-order valence-corrected chi connectivity index (χ2v) is 3.38. The molecule has 64 valence electrons. The predicted molar refractivity (Wildman–Crippen MR) is 46.9 cm³/mol. The molecule has 2 rings (SSSR count). The number of methoxy groups -OCH3 is 1. The van der Waals surface area contributed by atoms with Crippen molar-refractivity contribution in [1.29, 1.82) is 0 Å². The average molecular weight is 163 g/mol. The fraction of sp³-hybridized carbons (Fsp3) is 0.500. The van der Waals surface area contributed by atoms with Crippen molar-refractivity contribution in [2.75, 3.05) is 7.11 Å². The lowest BCUT2D eigenvalue weighted by molar-refractivity contribution is 0.0788. The molecule has 1 aromatic heterocycles. The Morgan fingerprint density at radius 2 is 2.25 bits per heavy atom. The van der Waals surface area contributed by atoms with E-state index in [1.165, 1.54) is 5.56 Å². The van der Waals surface area contributed by atoms with Crippen LogP contribution >= 0.6 is 0 Å². The molecule has 2 nitrogen and oxygen atoms in total. The highest BCUT2D eigenvalue weighted by Gasteiger charge is 2.44. The van der Waals surface area contributed by atoms with Gasteiger partial charge in [-0.15, -0.1) is 0 Å². The van der Waals surface area contributed by atoms with Gasteiger partial charge < -0.3 is 4.74 Å². The largest absolute Gasteiger partial charge is 0.374 e. The standard InChI is InChI=1S/C10H13NO/c1-8-7-9(3-6-11-8)10(12-2)4-5-10/h3,6-7H,4-5H2,1-2H3. The first kappa shape index (κ1) is 7.74. The van der Waals surface area contributed by atoms with Crippen LogP contribution in [0.25, 0.3) is 0 Å². The van der Waals surface area contributed by atoms with Gasteiger partial charge in [-0.2, -0.15) is 0 Å². The molecule has 1 fully saturated rings. The number of nitrogens with zero attached hydrogens (tertiary/aromatic N) is 1. The maximum atomic E-state index is 5.46. The van der Waals surface area contributed by atoms with E-state index in [9.17, 15) is 0 Å². The summed E-state index contributed by atoms with van der Waals surface area (Å²) in [6.07, 6.45) is 4.14. The number of hydrogen-bond acceptors (Lipinski definition) is 2. The van der Waals surface area contributed by atoms with Crippen LogP contribution in [0, 0.1) is 6.92 Å². The molecule has 1 aliphatic rings. The molecule has 1 aromatic rings. The van der Waals surface area contributed by atoms with Crippen LogP contribution < -0.4 is 0 Å². The molecule has 1 heterocycles. The van der Waals surface area contributed by atoms with Crippen LogP contribution in [0.5, 0.6) is 0 Å². The van der Waals surface area contributed by atoms with Gasteiger partial charge in [-0.3, -0.25) is 4.98 Å². The zero-order chi connectivity index (χ0) is 8.60. The molecule has 12 heavy (non-hydrogen) atoms. The van der Waals surface area contributed by atoms with E-state index in [4.69, 9.17) is 4.74 Å². The number of ether oxygens (including phenoxy) is 1. The van der Waals surface area contributed by atoms with Gasteiger partial charge >= 0.3 is 0 Å². The second-order valence-electron chi connectivity index (χ2n) is 3.38. The summed E-state index contributed by atoms with van der Waals surface area (Å²) in [4.78, 5) is 4.16. The molecule has 0 N–H and O–H groups in total. The van der Waals surface area contributed by atoms with Crippen molar-refractivity contribution in [2.45, 2.75) is 25.4 Å². The Morgan fingerprint density at radius 1 is 1.50 bits per heavy atom. The van der Waals surface area contributed by atoms with Crippen molar-refractivity contribution in [3.63, 3.8) is 0 Å². The molecule has 0 spiro atoms. The highest BCUT2D eigenvalue weighted by molar-refractivity contribution is 5.27. The lowest BCUT2D eigenvalue weighted by atomic mass is 10.1. The van der Waals surface area contributed by atoms with Crippen LogP contribution in [0.3, 0.4) is 0 Å². The molecular formula is C10H13NO. The first-order valence-corrected chi connectivity index (χ1v) is 4.25. The van der Waals surface area contributed by atoms with Gasteiger partial charge in [0.25, 0.3) is 0 Å². The van der Waals surface area contributed by atoms with Gasteiger partial charge in [0, 0.05) is 19.0 Å². The van der Waals surface area contributed by atoms with Gasteiger partial charge in [-0.1, -0.05) is 0 Å². The molecule has 0 aromatic carbocycles. The highest BCUT2D eigenvalue weighted by atomic mass is 16.5. The number of hydrogen-bond donors (Lipinski definition) is 0. The monoisotopic (exact) mass is 163 g/mol. The highest BCUT2D eigenvalue weighted by Crippen LogP contribution is 2.48. The van der Waals surface area contributed by atoms with E-state index in [0.717, 1.165) is 18.5 Å². The van der Waals surface area contributed by atoms with Crippen molar-refractivity contribution < 1.29 is 4.74 Å². The van der Waals surface area contributed by atoms with Crippen molar-refractivity contribution in [1.82, 2.24) is 4.98 Å². The smallest absolute Gasteiger partial charge is 0.0931 e. The molecule has 1 aliphatic carbocycles. The van der Waals surface area contributed by atoms with E-state index in [0.29, 0.717) is 0 Å². The molecule has 0 atom stereocenters. The maximum absolute atomic E-state index is 5.46. The normalized spacial score (nSPS) is 19.2. The Labute approximate surface area is 72.6 Å². The van der Waals surface area contributed by atoms with Crippen LogP contribution in [-0.4, -0.2) is 12.1 Å². The molecule has 0 saturated heterocycles. The van der Waals surface area contributed by atoms with Crippen molar-refractivity contribution in [3.8, 4) is 0 Å². The van der Waals surface area contributed by atoms with Crippen LogP contribution in [0.1, 0.15) is 24.1 Å². The minimum Gasteiger partial charge on any atom is -0.374 e. The predicted octanol–water partition coefficient (Wildman–Crippen LogP) is 2.03. The molecule has 0 radical (unpaired) electrons. The lowest BCUT2D eigenvalue weighted by Crippen LogP contribution is -2.08. The fourth-order valence-electron chi connectivity index (χ4n) is 1.55. The van der Waals surface area contributed by atoms with Gasteiger partial charge in [-0.25, -0.2) is 0 Å². The number of aromatic nitrogens is 1.